The van der Waals surface area contributed by atoms with Crippen molar-refractivity contribution in [2.45, 2.75) is 6.54 Å². The summed E-state index contributed by atoms with van der Waals surface area (Å²) in [5.41, 5.74) is -0.763. The van der Waals surface area contributed by atoms with Crippen LogP contribution in [0.25, 0.3) is 16.8 Å². The van der Waals surface area contributed by atoms with Gasteiger partial charge in [0.1, 0.15) is 11.1 Å². The standard InChI is InChI=1S/C19H14BrN5O4/c20-13-2-3-15-12(10-13)11-14(19(28)29-15)18(27)21-7-9-25-17(26)5-4-16(23-25)24-8-1-6-22-24/h1-6,8,10-11H,7,9H2,(H,21,27). The zero-order chi connectivity index (χ0) is 20.4. The lowest BCUT2D eigenvalue weighted by molar-refractivity contribution is 0.0948. The predicted molar refractivity (Wildman–Crippen MR) is 108 cm³/mol. The van der Waals surface area contributed by atoms with E-state index < -0.39 is 11.5 Å². The van der Waals surface area contributed by atoms with Crippen LogP contribution in [0.15, 0.2) is 73.3 Å². The Kier molecular flexibility index (Phi) is 5.09. The molecule has 0 bridgehead atoms. The Labute approximate surface area is 171 Å². The molecule has 0 aliphatic heterocycles. The minimum atomic E-state index is -0.728. The summed E-state index contributed by atoms with van der Waals surface area (Å²) >= 11 is 3.34. The fourth-order valence-electron chi connectivity index (χ4n) is 2.75. The van der Waals surface area contributed by atoms with Gasteiger partial charge < -0.3 is 9.73 Å². The molecule has 4 rings (SSSR count). The molecule has 0 radical (unpaired) electrons. The molecule has 0 aliphatic carbocycles. The number of carbonyl (C=O) groups excluding carboxylic acids is 1. The third-order valence-electron chi connectivity index (χ3n) is 4.14. The lowest BCUT2D eigenvalue weighted by atomic mass is 10.2. The Morgan fingerprint density at radius 1 is 1.17 bits per heavy atom. The highest BCUT2D eigenvalue weighted by molar-refractivity contribution is 9.10. The molecule has 3 aromatic heterocycles. The maximum atomic E-state index is 12.4. The van der Waals surface area contributed by atoms with Gasteiger partial charge in [0.2, 0.25) is 0 Å². The minimum Gasteiger partial charge on any atom is -0.422 e. The van der Waals surface area contributed by atoms with Gasteiger partial charge in [0, 0.05) is 34.9 Å². The van der Waals surface area contributed by atoms with Crippen LogP contribution < -0.4 is 16.5 Å². The highest BCUT2D eigenvalue weighted by Gasteiger charge is 2.14. The van der Waals surface area contributed by atoms with Gasteiger partial charge in [-0.05, 0) is 36.4 Å². The third-order valence-corrected chi connectivity index (χ3v) is 4.63. The van der Waals surface area contributed by atoms with E-state index in [1.165, 1.54) is 21.5 Å². The zero-order valence-corrected chi connectivity index (χ0v) is 16.5. The summed E-state index contributed by atoms with van der Waals surface area (Å²) < 4.78 is 8.73. The number of carbonyl (C=O) groups is 1. The van der Waals surface area contributed by atoms with E-state index in [1.54, 1.807) is 42.7 Å². The number of nitrogens with zero attached hydrogens (tertiary/aromatic N) is 4. The molecule has 9 nitrogen and oxygen atoms in total. The van der Waals surface area contributed by atoms with Crippen LogP contribution in [0.1, 0.15) is 10.4 Å². The maximum absolute atomic E-state index is 12.4. The van der Waals surface area contributed by atoms with Gasteiger partial charge in [-0.3, -0.25) is 9.59 Å². The van der Waals surface area contributed by atoms with Crippen LogP contribution in [0.4, 0.5) is 0 Å². The van der Waals surface area contributed by atoms with E-state index >= 15 is 0 Å². The van der Waals surface area contributed by atoms with Crippen molar-refractivity contribution in [1.29, 1.82) is 0 Å². The Bertz CT molecular complexity index is 1310. The van der Waals surface area contributed by atoms with E-state index in [9.17, 15) is 14.4 Å². The van der Waals surface area contributed by atoms with E-state index in [-0.39, 0.29) is 24.2 Å². The molecule has 10 heteroatoms. The fourth-order valence-corrected chi connectivity index (χ4v) is 3.13. The van der Waals surface area contributed by atoms with E-state index in [2.05, 4.69) is 31.4 Å². The van der Waals surface area contributed by atoms with Gasteiger partial charge in [-0.15, -0.1) is 5.10 Å². The van der Waals surface area contributed by atoms with Crippen molar-refractivity contribution in [3.8, 4) is 5.82 Å². The van der Waals surface area contributed by atoms with E-state index in [4.69, 9.17) is 4.42 Å². The summed E-state index contributed by atoms with van der Waals surface area (Å²) in [6, 6.07) is 11.3. The van der Waals surface area contributed by atoms with Crippen molar-refractivity contribution in [3.63, 3.8) is 0 Å². The molecule has 29 heavy (non-hydrogen) atoms. The van der Waals surface area contributed by atoms with Gasteiger partial charge in [-0.1, -0.05) is 15.9 Å². The quantitative estimate of drug-likeness (QED) is 0.458. The SMILES string of the molecule is O=C(NCCn1nc(-n2cccn2)ccc1=O)c1cc2cc(Br)ccc2oc1=O. The third kappa shape index (κ3) is 4.02. The molecular formula is C19H14BrN5O4. The zero-order valence-electron chi connectivity index (χ0n) is 14.9. The Balaban J connectivity index is 1.49. The first-order valence-corrected chi connectivity index (χ1v) is 9.40. The van der Waals surface area contributed by atoms with E-state index in [1.807, 2.05) is 0 Å². The van der Waals surface area contributed by atoms with Crippen molar-refractivity contribution in [3.05, 3.63) is 85.7 Å². The van der Waals surface area contributed by atoms with Crippen molar-refractivity contribution >= 4 is 32.8 Å². The topological polar surface area (TPSA) is 112 Å². The average molecular weight is 456 g/mol. The predicted octanol–water partition coefficient (Wildman–Crippen LogP) is 1.73. The van der Waals surface area contributed by atoms with Crippen molar-refractivity contribution in [2.24, 2.45) is 0 Å². The summed E-state index contributed by atoms with van der Waals surface area (Å²) in [5, 5.41) is 11.5. The van der Waals surface area contributed by atoms with Crippen LogP contribution in [0.5, 0.6) is 0 Å². The first-order valence-electron chi connectivity index (χ1n) is 8.61. The lowest BCUT2D eigenvalue weighted by Gasteiger charge is -2.08. The molecule has 0 atom stereocenters. The summed E-state index contributed by atoms with van der Waals surface area (Å²) in [5.74, 6) is -0.112. The van der Waals surface area contributed by atoms with Crippen LogP contribution in [0.3, 0.4) is 0 Å². The number of nitrogens with one attached hydrogen (secondary N) is 1. The Hall–Kier alpha value is -3.53. The van der Waals surface area contributed by atoms with Crippen molar-refractivity contribution in [2.75, 3.05) is 6.54 Å². The second-order valence-electron chi connectivity index (χ2n) is 6.09. The first kappa shape index (κ1) is 18.8. The van der Waals surface area contributed by atoms with Gasteiger partial charge in [0.05, 0.1) is 6.54 Å². The van der Waals surface area contributed by atoms with E-state index in [0.29, 0.717) is 16.8 Å². The smallest absolute Gasteiger partial charge is 0.349 e. The van der Waals surface area contributed by atoms with E-state index in [0.717, 1.165) is 4.47 Å². The van der Waals surface area contributed by atoms with Gasteiger partial charge in [-0.2, -0.15) is 5.10 Å². The summed E-state index contributed by atoms with van der Waals surface area (Å²) in [6.07, 6.45) is 3.31. The largest absolute Gasteiger partial charge is 0.422 e. The lowest BCUT2D eigenvalue weighted by Crippen LogP contribution is -2.34. The fraction of sp³-hybridized carbons (Fsp3) is 0.105. The number of amides is 1. The molecule has 1 N–H and O–H groups in total. The molecule has 4 aromatic rings. The second kappa shape index (κ2) is 7.84. The molecule has 1 amide bonds. The average Bonchev–Trinajstić information content (AvgIpc) is 3.24. The second-order valence-corrected chi connectivity index (χ2v) is 7.00. The van der Waals surface area contributed by atoms with Crippen LogP contribution in [0.2, 0.25) is 0 Å². The number of fused-ring (bicyclic) bond motifs is 1. The summed E-state index contributed by atoms with van der Waals surface area (Å²) in [6.45, 7) is 0.231. The summed E-state index contributed by atoms with van der Waals surface area (Å²) in [4.78, 5) is 36.5. The van der Waals surface area contributed by atoms with Crippen molar-refractivity contribution in [1.82, 2.24) is 24.9 Å². The Morgan fingerprint density at radius 2 is 2.03 bits per heavy atom. The number of hydrogen-bond acceptors (Lipinski definition) is 6. The van der Waals surface area contributed by atoms with Gasteiger partial charge >= 0.3 is 5.63 Å². The molecule has 0 fully saturated rings. The molecule has 0 saturated carbocycles. The number of aromatic nitrogens is 4. The molecule has 0 unspecified atom stereocenters. The van der Waals surface area contributed by atoms with Gasteiger partial charge in [0.15, 0.2) is 5.82 Å². The molecule has 0 spiro atoms. The minimum absolute atomic E-state index is 0.101. The van der Waals surface area contributed by atoms with Gasteiger partial charge in [0.25, 0.3) is 11.5 Å². The van der Waals surface area contributed by atoms with Crippen LogP contribution in [-0.2, 0) is 6.54 Å². The van der Waals surface area contributed by atoms with Gasteiger partial charge in [-0.25, -0.2) is 14.2 Å². The maximum Gasteiger partial charge on any atom is 0.349 e. The summed E-state index contributed by atoms with van der Waals surface area (Å²) in [7, 11) is 0. The van der Waals surface area contributed by atoms with Crippen LogP contribution >= 0.6 is 15.9 Å². The highest BCUT2D eigenvalue weighted by atomic mass is 79.9. The normalized spacial score (nSPS) is 10.9. The molecule has 3 heterocycles. The molecule has 0 saturated heterocycles. The van der Waals surface area contributed by atoms with Crippen LogP contribution in [0, 0.1) is 0 Å². The highest BCUT2D eigenvalue weighted by Crippen LogP contribution is 2.19. The molecule has 0 aliphatic rings. The molecule has 1 aromatic carbocycles. The van der Waals surface area contributed by atoms with Crippen LogP contribution in [-0.4, -0.2) is 32.0 Å². The number of benzene rings is 1. The molecular weight excluding hydrogens is 442 g/mol. The van der Waals surface area contributed by atoms with Crippen molar-refractivity contribution < 1.29 is 9.21 Å². The Morgan fingerprint density at radius 3 is 2.83 bits per heavy atom. The monoisotopic (exact) mass is 455 g/mol. The molecule has 146 valence electrons. The number of hydrogen-bond donors (Lipinski definition) is 1. The number of rotatable bonds is 5. The number of halogens is 1. The first-order chi connectivity index (χ1) is 14.0.